The third-order valence-corrected chi connectivity index (χ3v) is 7.32. The summed E-state index contributed by atoms with van der Waals surface area (Å²) < 4.78 is 10.8. The van der Waals surface area contributed by atoms with Crippen LogP contribution in [0, 0.1) is 0 Å². The minimum atomic E-state index is -0.717. The van der Waals surface area contributed by atoms with E-state index in [2.05, 4.69) is 4.98 Å². The van der Waals surface area contributed by atoms with E-state index in [4.69, 9.17) is 14.5 Å². The normalized spacial score (nSPS) is 10.9. The topological polar surface area (TPSA) is 108 Å². The fourth-order valence-corrected chi connectivity index (χ4v) is 4.63. The van der Waals surface area contributed by atoms with Crippen molar-refractivity contribution in [3.05, 3.63) is 71.8 Å². The Balaban J connectivity index is 1.87. The Hall–Kier alpha value is -4.79. The number of phenols is 1. The Morgan fingerprint density at radius 3 is 1.61 bits per heavy atom. The lowest BCUT2D eigenvalue weighted by molar-refractivity contribution is 0.0492. The molecule has 0 aliphatic heterocycles. The van der Waals surface area contributed by atoms with Gasteiger partial charge in [-0.1, -0.05) is 51.0 Å². The minimum absolute atomic E-state index is 0.119. The maximum absolute atomic E-state index is 13.1. The van der Waals surface area contributed by atoms with Crippen molar-refractivity contribution in [3.63, 3.8) is 0 Å². The number of nitrogens with zero attached hydrogens (tertiary/aromatic N) is 3. The van der Waals surface area contributed by atoms with Gasteiger partial charge < -0.3 is 29.4 Å². The lowest BCUT2D eigenvalue weighted by atomic mass is 10.0. The van der Waals surface area contributed by atoms with Gasteiger partial charge in [-0.2, -0.15) is 0 Å². The van der Waals surface area contributed by atoms with E-state index in [9.17, 15) is 14.7 Å². The van der Waals surface area contributed by atoms with Crippen LogP contribution in [0.4, 0.5) is 11.4 Å². The Kier molecular flexibility index (Phi) is 10.7. The molecule has 4 rings (SSSR count). The first-order valence-electron chi connectivity index (χ1n) is 15.0. The second-order valence-corrected chi connectivity index (χ2v) is 11.1. The van der Waals surface area contributed by atoms with E-state index in [1.54, 1.807) is 0 Å². The Morgan fingerprint density at radius 1 is 0.727 bits per heavy atom. The molecule has 0 saturated carbocycles. The molecule has 9 nitrogen and oxygen atoms in total. The van der Waals surface area contributed by atoms with Crippen molar-refractivity contribution in [1.29, 1.82) is 0 Å². The number of carbonyl (C=O) groups is 2. The standard InChI is InChI=1S/C35H42N4O5/c1-7-9-19-43-34(41)28-21-25(22-29(32(28)40)35(42)44-20-10-8-2)33-36-30(23-11-15-26(16-12-23)38(3)4)31(37-33)24-13-17-27(18-14-24)39(5)6/h11-18,21-22,40H,7-10,19-20H2,1-6H3,(H,36,37). The summed E-state index contributed by atoms with van der Waals surface area (Å²) in [5.74, 6) is -1.48. The molecule has 0 aliphatic carbocycles. The molecule has 0 unspecified atom stereocenters. The summed E-state index contributed by atoms with van der Waals surface area (Å²) in [6, 6.07) is 19.2. The maximum Gasteiger partial charge on any atom is 0.341 e. The van der Waals surface area contributed by atoms with Crippen LogP contribution in [0.3, 0.4) is 0 Å². The molecule has 0 saturated heterocycles. The molecule has 0 amide bonds. The number of anilines is 2. The van der Waals surface area contributed by atoms with Crippen LogP contribution in [0.15, 0.2) is 60.7 Å². The van der Waals surface area contributed by atoms with Gasteiger partial charge in [-0.25, -0.2) is 14.6 Å². The average Bonchev–Trinajstić information content (AvgIpc) is 3.47. The molecular weight excluding hydrogens is 556 g/mol. The second-order valence-electron chi connectivity index (χ2n) is 11.1. The predicted molar refractivity (Wildman–Crippen MR) is 176 cm³/mol. The Bertz CT molecular complexity index is 1460. The molecule has 232 valence electrons. The number of nitrogens with one attached hydrogen (secondary N) is 1. The van der Waals surface area contributed by atoms with Gasteiger partial charge in [-0.05, 0) is 49.2 Å². The molecule has 4 aromatic rings. The number of H-pyrrole nitrogens is 1. The number of hydrogen-bond acceptors (Lipinski definition) is 8. The van der Waals surface area contributed by atoms with Gasteiger partial charge in [0.15, 0.2) is 0 Å². The monoisotopic (exact) mass is 598 g/mol. The van der Waals surface area contributed by atoms with Gasteiger partial charge in [0, 0.05) is 56.3 Å². The molecule has 0 bridgehead atoms. The summed E-state index contributed by atoms with van der Waals surface area (Å²) in [5, 5.41) is 11.0. The summed E-state index contributed by atoms with van der Waals surface area (Å²) in [4.78, 5) is 38.6. The highest BCUT2D eigenvalue weighted by Crippen LogP contribution is 2.37. The number of ether oxygens (including phenoxy) is 2. The number of benzene rings is 3. The SMILES string of the molecule is CCCCOC(=O)c1cc(-c2nc(-c3ccc(N(C)C)cc3)c(-c3ccc(N(C)C)cc3)[nH]2)cc(C(=O)OCCCC)c1O. The maximum atomic E-state index is 13.1. The number of esters is 2. The zero-order valence-corrected chi connectivity index (χ0v) is 26.4. The van der Waals surface area contributed by atoms with Gasteiger partial charge in [0.25, 0.3) is 0 Å². The number of carbonyl (C=O) groups excluding carboxylic acids is 2. The molecule has 9 heteroatoms. The number of imidazole rings is 1. The number of unbranched alkanes of at least 4 members (excludes halogenated alkanes) is 2. The largest absolute Gasteiger partial charge is 0.506 e. The van der Waals surface area contributed by atoms with E-state index in [-0.39, 0.29) is 24.3 Å². The molecule has 0 spiro atoms. The van der Waals surface area contributed by atoms with Crippen molar-refractivity contribution in [3.8, 4) is 39.7 Å². The summed E-state index contributed by atoms with van der Waals surface area (Å²) in [6.45, 7) is 4.39. The molecule has 44 heavy (non-hydrogen) atoms. The Labute approximate surface area is 259 Å². The highest BCUT2D eigenvalue weighted by Gasteiger charge is 2.25. The van der Waals surface area contributed by atoms with E-state index in [1.165, 1.54) is 12.1 Å². The van der Waals surface area contributed by atoms with Crippen LogP contribution in [0.2, 0.25) is 0 Å². The summed E-state index contributed by atoms with van der Waals surface area (Å²) >= 11 is 0. The fourth-order valence-electron chi connectivity index (χ4n) is 4.63. The smallest absolute Gasteiger partial charge is 0.341 e. The molecular formula is C35H42N4O5. The van der Waals surface area contributed by atoms with E-state index < -0.39 is 17.7 Å². The third kappa shape index (κ3) is 7.40. The van der Waals surface area contributed by atoms with Crippen LogP contribution in [0.25, 0.3) is 33.9 Å². The van der Waals surface area contributed by atoms with Crippen LogP contribution >= 0.6 is 0 Å². The van der Waals surface area contributed by atoms with Crippen LogP contribution < -0.4 is 9.80 Å². The molecule has 1 aromatic heterocycles. The Morgan fingerprint density at radius 2 is 1.18 bits per heavy atom. The van der Waals surface area contributed by atoms with Crippen molar-refractivity contribution in [2.45, 2.75) is 39.5 Å². The van der Waals surface area contributed by atoms with Crippen molar-refractivity contribution in [2.75, 3.05) is 51.2 Å². The van der Waals surface area contributed by atoms with Crippen molar-refractivity contribution >= 4 is 23.3 Å². The fraction of sp³-hybridized carbons (Fsp3) is 0.343. The molecule has 2 N–H and O–H groups in total. The summed E-state index contributed by atoms with van der Waals surface area (Å²) in [6.07, 6.45) is 3.05. The number of aromatic hydroxyl groups is 1. The summed E-state index contributed by atoms with van der Waals surface area (Å²) in [5.41, 5.74) is 5.59. The highest BCUT2D eigenvalue weighted by atomic mass is 16.5. The van der Waals surface area contributed by atoms with Gasteiger partial charge >= 0.3 is 11.9 Å². The lowest BCUT2D eigenvalue weighted by Gasteiger charge is -2.13. The molecule has 3 aromatic carbocycles. The van der Waals surface area contributed by atoms with Crippen molar-refractivity contribution in [1.82, 2.24) is 9.97 Å². The van der Waals surface area contributed by atoms with E-state index in [1.807, 2.05) is 100 Å². The van der Waals surface area contributed by atoms with E-state index in [0.717, 1.165) is 41.0 Å². The predicted octanol–water partition coefficient (Wildman–Crippen LogP) is 7.16. The zero-order chi connectivity index (χ0) is 31.8. The van der Waals surface area contributed by atoms with Crippen LogP contribution in [-0.2, 0) is 9.47 Å². The average molecular weight is 599 g/mol. The minimum Gasteiger partial charge on any atom is -0.506 e. The van der Waals surface area contributed by atoms with Gasteiger partial charge in [-0.15, -0.1) is 0 Å². The summed E-state index contributed by atoms with van der Waals surface area (Å²) in [7, 11) is 7.95. The van der Waals surface area contributed by atoms with E-state index >= 15 is 0 Å². The number of hydrogen-bond donors (Lipinski definition) is 2. The third-order valence-electron chi connectivity index (χ3n) is 7.32. The quantitative estimate of drug-likeness (QED) is 0.123. The van der Waals surface area contributed by atoms with Crippen LogP contribution in [0.5, 0.6) is 5.75 Å². The lowest BCUT2D eigenvalue weighted by Crippen LogP contribution is -2.12. The van der Waals surface area contributed by atoms with Gasteiger partial charge in [0.2, 0.25) is 0 Å². The van der Waals surface area contributed by atoms with Crippen LogP contribution in [0.1, 0.15) is 60.2 Å². The number of aromatic nitrogens is 2. The number of rotatable bonds is 13. The first-order valence-corrected chi connectivity index (χ1v) is 15.0. The van der Waals surface area contributed by atoms with Crippen molar-refractivity contribution < 1.29 is 24.2 Å². The first-order chi connectivity index (χ1) is 21.1. The molecule has 1 heterocycles. The van der Waals surface area contributed by atoms with E-state index in [0.29, 0.717) is 29.9 Å². The van der Waals surface area contributed by atoms with Crippen molar-refractivity contribution in [2.24, 2.45) is 0 Å². The zero-order valence-electron chi connectivity index (χ0n) is 26.4. The molecule has 0 fully saturated rings. The van der Waals surface area contributed by atoms with Crippen LogP contribution in [-0.4, -0.2) is 68.4 Å². The molecule has 0 aliphatic rings. The van der Waals surface area contributed by atoms with Gasteiger partial charge in [-0.3, -0.25) is 0 Å². The number of aromatic amines is 1. The van der Waals surface area contributed by atoms with Gasteiger partial charge in [0.1, 0.15) is 22.7 Å². The first kappa shape index (κ1) is 32.1. The number of phenolic OH excluding ortho intramolecular Hbond substituents is 1. The molecule has 0 atom stereocenters. The van der Waals surface area contributed by atoms with Gasteiger partial charge in [0.05, 0.1) is 24.6 Å². The second kappa shape index (κ2) is 14.6. The molecule has 0 radical (unpaired) electrons. The highest BCUT2D eigenvalue weighted by molar-refractivity contribution is 6.02.